The van der Waals surface area contributed by atoms with Crippen molar-refractivity contribution in [2.24, 2.45) is 0 Å². The van der Waals surface area contributed by atoms with Crippen LogP contribution in [0.3, 0.4) is 0 Å². The molecule has 0 saturated heterocycles. The molecule has 30 heavy (non-hydrogen) atoms. The van der Waals surface area contributed by atoms with Crippen molar-refractivity contribution in [1.29, 1.82) is 0 Å². The van der Waals surface area contributed by atoms with Gasteiger partial charge < -0.3 is 10.6 Å². The van der Waals surface area contributed by atoms with Crippen LogP contribution in [0, 0.1) is 23.7 Å². The molecule has 2 amide bonds. The van der Waals surface area contributed by atoms with Gasteiger partial charge in [0.25, 0.3) is 0 Å². The SMILES string of the molecule is O=C1Nc2ccc(Br)cc2[C@@](C#CC#Cc2cccc3ccccc23)(C(F)(F)F)N1. The summed E-state index contributed by atoms with van der Waals surface area (Å²) in [6, 6.07) is 16.3. The predicted octanol–water partition coefficient (Wildman–Crippen LogP) is 5.55. The van der Waals surface area contributed by atoms with Crippen molar-refractivity contribution < 1.29 is 18.0 Å². The Morgan fingerprint density at radius 2 is 1.73 bits per heavy atom. The zero-order valence-electron chi connectivity index (χ0n) is 15.2. The molecule has 0 bridgehead atoms. The van der Waals surface area contributed by atoms with Gasteiger partial charge in [0, 0.05) is 21.3 Å². The van der Waals surface area contributed by atoms with Crippen LogP contribution in [0.4, 0.5) is 23.7 Å². The van der Waals surface area contributed by atoms with E-state index in [1.165, 1.54) is 12.1 Å². The van der Waals surface area contributed by atoms with E-state index in [0.29, 0.717) is 10.0 Å². The number of carbonyl (C=O) groups is 1. The molecule has 3 aromatic carbocycles. The van der Waals surface area contributed by atoms with Crippen molar-refractivity contribution in [3.63, 3.8) is 0 Å². The summed E-state index contributed by atoms with van der Waals surface area (Å²) in [5, 5.41) is 6.17. The first-order chi connectivity index (χ1) is 14.3. The second-order valence-electron chi connectivity index (χ2n) is 6.54. The smallest absolute Gasteiger partial charge is 0.310 e. The first kappa shape index (κ1) is 19.9. The average molecular weight is 469 g/mol. The highest BCUT2D eigenvalue weighted by Crippen LogP contribution is 2.44. The molecule has 1 heterocycles. The molecular weight excluding hydrogens is 457 g/mol. The van der Waals surface area contributed by atoms with Crippen LogP contribution < -0.4 is 10.6 Å². The van der Waals surface area contributed by atoms with E-state index in [4.69, 9.17) is 0 Å². The third kappa shape index (κ3) is 3.49. The van der Waals surface area contributed by atoms with Gasteiger partial charge in [0.1, 0.15) is 0 Å². The maximum absolute atomic E-state index is 14.1. The average Bonchev–Trinajstić information content (AvgIpc) is 2.70. The van der Waals surface area contributed by atoms with Crippen molar-refractivity contribution in [1.82, 2.24) is 5.32 Å². The zero-order valence-corrected chi connectivity index (χ0v) is 16.8. The van der Waals surface area contributed by atoms with Gasteiger partial charge in [-0.15, -0.1) is 0 Å². The van der Waals surface area contributed by atoms with E-state index < -0.39 is 17.7 Å². The quantitative estimate of drug-likeness (QED) is 0.417. The number of fused-ring (bicyclic) bond motifs is 2. The van der Waals surface area contributed by atoms with Crippen molar-refractivity contribution in [3.05, 3.63) is 76.3 Å². The second kappa shape index (κ2) is 7.44. The molecule has 0 aliphatic carbocycles. The van der Waals surface area contributed by atoms with Crippen LogP contribution in [0.1, 0.15) is 11.1 Å². The van der Waals surface area contributed by atoms with Crippen molar-refractivity contribution in [2.75, 3.05) is 5.32 Å². The lowest BCUT2D eigenvalue weighted by Gasteiger charge is -2.37. The summed E-state index contributed by atoms with van der Waals surface area (Å²) in [7, 11) is 0. The highest BCUT2D eigenvalue weighted by atomic mass is 79.9. The van der Waals surface area contributed by atoms with Gasteiger partial charge in [-0.3, -0.25) is 0 Å². The number of hydrogen-bond acceptors (Lipinski definition) is 1. The lowest BCUT2D eigenvalue weighted by Crippen LogP contribution is -2.59. The molecule has 7 heteroatoms. The molecule has 4 rings (SSSR count). The minimum absolute atomic E-state index is 0.0376. The molecule has 0 spiro atoms. The summed E-state index contributed by atoms with van der Waals surface area (Å²) < 4.78 is 42.8. The normalized spacial score (nSPS) is 17.5. The van der Waals surface area contributed by atoms with Crippen LogP contribution in [-0.4, -0.2) is 12.2 Å². The van der Waals surface area contributed by atoms with E-state index in [-0.39, 0.29) is 11.3 Å². The number of rotatable bonds is 0. The number of halogens is 4. The Morgan fingerprint density at radius 1 is 0.967 bits per heavy atom. The Kier molecular flexibility index (Phi) is 4.93. The molecule has 3 aromatic rings. The van der Waals surface area contributed by atoms with Crippen molar-refractivity contribution in [3.8, 4) is 23.7 Å². The fourth-order valence-electron chi connectivity index (χ4n) is 3.28. The molecule has 0 fully saturated rings. The number of carbonyl (C=O) groups excluding carboxylic acids is 1. The summed E-state index contributed by atoms with van der Waals surface area (Å²) in [5.41, 5.74) is -2.39. The van der Waals surface area contributed by atoms with E-state index in [2.05, 4.69) is 44.9 Å². The third-order valence-electron chi connectivity index (χ3n) is 4.66. The molecule has 2 N–H and O–H groups in total. The molecule has 0 radical (unpaired) electrons. The molecule has 148 valence electrons. The number of hydrogen-bond donors (Lipinski definition) is 2. The Hall–Kier alpha value is -3.42. The monoisotopic (exact) mass is 468 g/mol. The lowest BCUT2D eigenvalue weighted by atomic mass is 9.86. The summed E-state index contributed by atoms with van der Waals surface area (Å²) in [6.45, 7) is 0. The number of nitrogens with one attached hydrogen (secondary N) is 2. The lowest BCUT2D eigenvalue weighted by molar-refractivity contribution is -0.178. The minimum Gasteiger partial charge on any atom is -0.310 e. The van der Waals surface area contributed by atoms with Gasteiger partial charge >= 0.3 is 12.2 Å². The molecule has 0 saturated carbocycles. The van der Waals surface area contributed by atoms with E-state index in [0.717, 1.165) is 10.8 Å². The number of alkyl halides is 3. The van der Waals surface area contributed by atoms with E-state index >= 15 is 0 Å². The maximum Gasteiger partial charge on any atom is 0.427 e. The van der Waals surface area contributed by atoms with Crippen molar-refractivity contribution in [2.45, 2.75) is 11.7 Å². The molecule has 3 nitrogen and oxygen atoms in total. The van der Waals surface area contributed by atoms with Gasteiger partial charge in [0.2, 0.25) is 5.54 Å². The van der Waals surface area contributed by atoms with Gasteiger partial charge in [0.05, 0.1) is 0 Å². The number of amides is 2. The van der Waals surface area contributed by atoms with Gasteiger partial charge in [-0.2, -0.15) is 13.2 Å². The van der Waals surface area contributed by atoms with Crippen LogP contribution in [0.15, 0.2) is 65.1 Å². The van der Waals surface area contributed by atoms with Crippen LogP contribution in [0.2, 0.25) is 0 Å². The van der Waals surface area contributed by atoms with Gasteiger partial charge in [-0.1, -0.05) is 58.2 Å². The number of benzene rings is 3. The fraction of sp³-hybridized carbons (Fsp3) is 0.0870. The Balaban J connectivity index is 1.82. The third-order valence-corrected chi connectivity index (χ3v) is 5.15. The molecule has 1 aliphatic rings. The first-order valence-corrected chi connectivity index (χ1v) is 9.56. The van der Waals surface area contributed by atoms with Gasteiger partial charge in [0.15, 0.2) is 0 Å². The predicted molar refractivity (Wildman–Crippen MR) is 113 cm³/mol. The molecular formula is C23H12BrF3N2O. The zero-order chi connectivity index (χ0) is 21.4. The van der Waals surface area contributed by atoms with Gasteiger partial charge in [-0.25, -0.2) is 4.79 Å². The highest BCUT2D eigenvalue weighted by molar-refractivity contribution is 9.10. The summed E-state index contributed by atoms with van der Waals surface area (Å²) >= 11 is 3.18. The highest BCUT2D eigenvalue weighted by Gasteiger charge is 2.59. The second-order valence-corrected chi connectivity index (χ2v) is 7.46. The van der Waals surface area contributed by atoms with Gasteiger partial charge in [-0.05, 0) is 52.8 Å². The fourth-order valence-corrected chi connectivity index (χ4v) is 3.64. The number of urea groups is 1. The van der Waals surface area contributed by atoms with Crippen LogP contribution >= 0.6 is 15.9 Å². The molecule has 0 aromatic heterocycles. The standard InChI is InChI=1S/C23H12BrF3N2O/c24-17-11-12-20-19(14-17)22(23(25,26)27,29-21(30)28-20)13-4-3-7-16-9-5-8-15-6-1-2-10-18(15)16/h1-2,5-6,8-12,14H,(H2,28,29,30)/t22-/m0/s1. The first-order valence-electron chi connectivity index (χ1n) is 8.77. The minimum atomic E-state index is -4.87. The molecule has 0 unspecified atom stereocenters. The van der Waals surface area contributed by atoms with E-state index in [1.54, 1.807) is 12.1 Å². The Labute approximate surface area is 178 Å². The Morgan fingerprint density at radius 3 is 2.53 bits per heavy atom. The van der Waals surface area contributed by atoms with E-state index in [1.807, 2.05) is 41.7 Å². The summed E-state index contributed by atoms with van der Waals surface area (Å²) in [6.07, 6.45) is -4.87. The largest absolute Gasteiger partial charge is 0.427 e. The van der Waals surface area contributed by atoms with Crippen LogP contribution in [0.5, 0.6) is 0 Å². The summed E-state index contributed by atoms with van der Waals surface area (Å²) in [4.78, 5) is 11.9. The topological polar surface area (TPSA) is 41.1 Å². The van der Waals surface area contributed by atoms with Crippen LogP contribution in [-0.2, 0) is 5.54 Å². The molecule has 1 atom stereocenters. The van der Waals surface area contributed by atoms with Crippen molar-refractivity contribution >= 4 is 38.4 Å². The Bertz CT molecular complexity index is 1290. The molecule has 1 aliphatic heterocycles. The van der Waals surface area contributed by atoms with Crippen LogP contribution in [0.25, 0.3) is 10.8 Å². The maximum atomic E-state index is 14.1. The number of anilines is 1. The summed E-state index contributed by atoms with van der Waals surface area (Å²) in [5.74, 6) is 9.79. The van der Waals surface area contributed by atoms with E-state index in [9.17, 15) is 18.0 Å².